The van der Waals surface area contributed by atoms with Gasteiger partial charge in [0.2, 0.25) is 0 Å². The highest BCUT2D eigenvalue weighted by molar-refractivity contribution is 5.97. The molecule has 3 heterocycles. The van der Waals surface area contributed by atoms with Gasteiger partial charge in [-0.05, 0) is 75.3 Å². The van der Waals surface area contributed by atoms with Crippen LogP contribution >= 0.6 is 0 Å². The molecule has 0 saturated heterocycles. The lowest BCUT2D eigenvalue weighted by Crippen LogP contribution is -2.50. The summed E-state index contributed by atoms with van der Waals surface area (Å²) in [6.45, 7) is 2.61. The average Bonchev–Trinajstić information content (AvgIpc) is 3.57. The average molecular weight is 509 g/mol. The number of unbranched alkanes of at least 4 members (excludes halogenated alkanes) is 4. The van der Waals surface area contributed by atoms with Gasteiger partial charge in [0.25, 0.3) is 11.5 Å². The smallest absolute Gasteiger partial charge is 0.303 e. The molecule has 2 spiro atoms. The number of rotatable bonds is 11. The van der Waals surface area contributed by atoms with E-state index in [0.717, 1.165) is 69.9 Å². The van der Waals surface area contributed by atoms with Crippen LogP contribution in [-0.2, 0) is 10.5 Å². The minimum Gasteiger partial charge on any atom is -0.481 e. The molecule has 4 N–H and O–H groups in total. The van der Waals surface area contributed by atoms with E-state index in [-0.39, 0.29) is 17.9 Å². The van der Waals surface area contributed by atoms with Crippen molar-refractivity contribution in [2.24, 2.45) is 5.41 Å². The van der Waals surface area contributed by atoms with E-state index in [1.54, 1.807) is 16.7 Å². The van der Waals surface area contributed by atoms with Gasteiger partial charge in [0.15, 0.2) is 0 Å². The van der Waals surface area contributed by atoms with E-state index in [1.165, 1.54) is 19.2 Å². The number of anilines is 3. The first-order chi connectivity index (χ1) is 17.8. The lowest BCUT2D eigenvalue weighted by atomic mass is 9.79. The molecule has 3 aliphatic rings. The Balaban J connectivity index is 1.23. The van der Waals surface area contributed by atoms with E-state index in [1.807, 2.05) is 6.92 Å². The second-order valence-corrected chi connectivity index (χ2v) is 11.0. The molecule has 1 amide bonds. The number of amides is 1. The molecule has 2 aromatic heterocycles. The molecule has 0 aromatic carbocycles. The van der Waals surface area contributed by atoms with Crippen LogP contribution in [0.2, 0.25) is 0 Å². The molecular formula is C27H36N6O4. The van der Waals surface area contributed by atoms with Crippen molar-refractivity contribution in [1.82, 2.24) is 19.9 Å². The van der Waals surface area contributed by atoms with Crippen molar-refractivity contribution in [2.75, 3.05) is 17.2 Å². The summed E-state index contributed by atoms with van der Waals surface area (Å²) in [5, 5.41) is 18.3. The Morgan fingerprint density at radius 1 is 1.00 bits per heavy atom. The normalized spacial score (nSPS) is 18.5. The van der Waals surface area contributed by atoms with Crippen molar-refractivity contribution in [3.63, 3.8) is 0 Å². The van der Waals surface area contributed by atoms with E-state index >= 15 is 0 Å². The number of carboxylic acids is 1. The predicted molar refractivity (Wildman–Crippen MR) is 140 cm³/mol. The van der Waals surface area contributed by atoms with E-state index in [9.17, 15) is 14.4 Å². The molecule has 2 aromatic rings. The van der Waals surface area contributed by atoms with Crippen molar-refractivity contribution in [2.45, 2.75) is 89.6 Å². The molecular weight excluding hydrogens is 472 g/mol. The van der Waals surface area contributed by atoms with Gasteiger partial charge < -0.3 is 21.1 Å². The van der Waals surface area contributed by atoms with Crippen LogP contribution in [0.4, 0.5) is 17.3 Å². The van der Waals surface area contributed by atoms with Crippen LogP contribution < -0.4 is 21.5 Å². The highest BCUT2D eigenvalue weighted by Gasteiger charge is 2.54. The maximum atomic E-state index is 13.7. The number of aryl methyl sites for hydroxylation is 1. The maximum absolute atomic E-state index is 13.7. The Labute approximate surface area is 216 Å². The van der Waals surface area contributed by atoms with Crippen LogP contribution in [0, 0.1) is 12.3 Å². The van der Waals surface area contributed by atoms with Gasteiger partial charge >= 0.3 is 5.97 Å². The fraction of sp³-hybridized carbons (Fsp3) is 0.593. The summed E-state index contributed by atoms with van der Waals surface area (Å²) in [5.41, 5.74) is 1.23. The first-order valence-electron chi connectivity index (χ1n) is 13.5. The van der Waals surface area contributed by atoms with Crippen molar-refractivity contribution < 1.29 is 14.7 Å². The molecule has 198 valence electrons. The number of aromatic nitrogens is 3. The molecule has 5 rings (SSSR count). The quantitative estimate of drug-likeness (QED) is 0.330. The first-order valence-corrected chi connectivity index (χ1v) is 13.5. The highest BCUT2D eigenvalue weighted by Crippen LogP contribution is 2.59. The number of hydrogen-bond acceptors (Lipinski definition) is 7. The van der Waals surface area contributed by atoms with Gasteiger partial charge in [-0.2, -0.15) is 0 Å². The largest absolute Gasteiger partial charge is 0.481 e. The molecule has 0 bridgehead atoms. The Bertz CT molecular complexity index is 1240. The second-order valence-electron chi connectivity index (χ2n) is 11.0. The molecule has 37 heavy (non-hydrogen) atoms. The van der Waals surface area contributed by atoms with E-state index in [0.29, 0.717) is 28.4 Å². The van der Waals surface area contributed by atoms with E-state index in [4.69, 9.17) is 5.11 Å². The van der Waals surface area contributed by atoms with E-state index in [2.05, 4.69) is 25.9 Å². The van der Waals surface area contributed by atoms with Gasteiger partial charge in [-0.25, -0.2) is 9.97 Å². The summed E-state index contributed by atoms with van der Waals surface area (Å²) < 4.78 is 1.71. The lowest BCUT2D eigenvalue weighted by molar-refractivity contribution is -0.137. The zero-order valence-corrected chi connectivity index (χ0v) is 21.4. The Morgan fingerprint density at radius 2 is 1.68 bits per heavy atom. The third-order valence-electron chi connectivity index (χ3n) is 8.28. The van der Waals surface area contributed by atoms with Crippen molar-refractivity contribution in [1.29, 1.82) is 0 Å². The van der Waals surface area contributed by atoms with Gasteiger partial charge in [0.05, 0.1) is 0 Å². The molecule has 2 fully saturated rings. The van der Waals surface area contributed by atoms with Gasteiger partial charge in [0.1, 0.15) is 35.0 Å². The summed E-state index contributed by atoms with van der Waals surface area (Å²) in [6, 6.07) is 3.51. The molecule has 1 aliphatic heterocycles. The zero-order valence-electron chi connectivity index (χ0n) is 21.4. The molecule has 2 saturated carbocycles. The molecule has 0 atom stereocenters. The number of fused-ring (bicyclic) bond motifs is 2. The first kappa shape index (κ1) is 25.2. The maximum Gasteiger partial charge on any atom is 0.303 e. The fourth-order valence-electron chi connectivity index (χ4n) is 5.88. The predicted octanol–water partition coefficient (Wildman–Crippen LogP) is 4.28. The monoisotopic (exact) mass is 508 g/mol. The number of pyridine rings is 1. The van der Waals surface area contributed by atoms with E-state index < -0.39 is 11.6 Å². The van der Waals surface area contributed by atoms with Gasteiger partial charge in [0, 0.05) is 19.0 Å². The topological polar surface area (TPSA) is 138 Å². The molecule has 0 radical (unpaired) electrons. The molecule has 10 heteroatoms. The fourth-order valence-corrected chi connectivity index (χ4v) is 5.88. The summed E-state index contributed by atoms with van der Waals surface area (Å²) in [4.78, 5) is 45.7. The number of nitrogens with zero attached hydrogens (tertiary/aromatic N) is 3. The van der Waals surface area contributed by atoms with Gasteiger partial charge in [-0.1, -0.05) is 19.3 Å². The van der Waals surface area contributed by atoms with Crippen LogP contribution in [-0.4, -0.2) is 38.1 Å². The summed E-state index contributed by atoms with van der Waals surface area (Å²) in [5.74, 6) is 0.271. The minimum atomic E-state index is -0.738. The number of carbonyl (C=O) groups excluding carboxylic acids is 1. The summed E-state index contributed by atoms with van der Waals surface area (Å²) >= 11 is 0. The standard InChI is InChI=1S/C27H36N6O4/c1-18-15-19(25(37)33-23(18)24(36)32-27(33)12-10-26(8-9-26)11-13-27)31-21-16-20(29-17-30-21)28-14-6-4-2-3-5-7-22(34)35/h15-17H,2-14H2,1H3,(H,32,36)(H,34,35)(H2,28,29,30,31). The minimum absolute atomic E-state index is 0.164. The number of carboxylic acid groups (broad SMARTS) is 1. The summed E-state index contributed by atoms with van der Waals surface area (Å²) in [7, 11) is 0. The highest BCUT2D eigenvalue weighted by atomic mass is 16.4. The Morgan fingerprint density at radius 3 is 2.41 bits per heavy atom. The number of carbonyl (C=O) groups is 2. The van der Waals surface area contributed by atoms with Crippen LogP contribution in [0.25, 0.3) is 0 Å². The van der Waals surface area contributed by atoms with Crippen LogP contribution in [0.5, 0.6) is 0 Å². The van der Waals surface area contributed by atoms with Gasteiger partial charge in [-0.3, -0.25) is 19.0 Å². The lowest BCUT2D eigenvalue weighted by Gasteiger charge is -2.39. The second kappa shape index (κ2) is 10.1. The summed E-state index contributed by atoms with van der Waals surface area (Å²) in [6.07, 6.45) is 12.5. The van der Waals surface area contributed by atoms with Crippen LogP contribution in [0.15, 0.2) is 23.3 Å². The number of aliphatic carboxylic acids is 1. The SMILES string of the molecule is Cc1cc(Nc2cc(NCCCCCCCC(=O)O)ncn2)c(=O)n2c1C(=O)NC21CCC2(CC2)CC1. The van der Waals surface area contributed by atoms with Crippen molar-refractivity contribution in [3.8, 4) is 0 Å². The van der Waals surface area contributed by atoms with Gasteiger partial charge in [-0.15, -0.1) is 0 Å². The molecule has 0 unspecified atom stereocenters. The number of nitrogens with one attached hydrogen (secondary N) is 3. The Hall–Kier alpha value is -3.43. The third kappa shape index (κ3) is 5.33. The van der Waals surface area contributed by atoms with Crippen LogP contribution in [0.3, 0.4) is 0 Å². The van der Waals surface area contributed by atoms with Crippen molar-refractivity contribution >= 4 is 29.2 Å². The van der Waals surface area contributed by atoms with Crippen molar-refractivity contribution in [3.05, 3.63) is 40.1 Å². The molecule has 2 aliphatic carbocycles. The van der Waals surface area contributed by atoms with Crippen LogP contribution in [0.1, 0.15) is 93.1 Å². The number of hydrogen-bond donors (Lipinski definition) is 4. The third-order valence-corrected chi connectivity index (χ3v) is 8.28. The zero-order chi connectivity index (χ0) is 26.0. The molecule has 10 nitrogen and oxygen atoms in total. The Kier molecular flexibility index (Phi) is 6.92.